The second kappa shape index (κ2) is 5.95. The molecule has 86 valence electrons. The van der Waals surface area contributed by atoms with Crippen molar-refractivity contribution >= 4 is 12.0 Å². The first-order valence-electron chi connectivity index (χ1n) is 5.14. The zero-order valence-corrected chi connectivity index (χ0v) is 9.77. The number of ether oxygens (including phenoxy) is 2. The Hall–Kier alpha value is -1.77. The monoisotopic (exact) mass is 220 g/mol. The van der Waals surface area contributed by atoms with Crippen molar-refractivity contribution in [1.82, 2.24) is 0 Å². The van der Waals surface area contributed by atoms with E-state index in [1.807, 2.05) is 38.1 Å². The molecular formula is C13H16O3. The first kappa shape index (κ1) is 12.3. The van der Waals surface area contributed by atoms with Gasteiger partial charge in [0, 0.05) is 6.08 Å². The van der Waals surface area contributed by atoms with Crippen LogP contribution in [0.1, 0.15) is 19.4 Å². The number of carbonyl (C=O) groups excluding carboxylic acids is 1. The van der Waals surface area contributed by atoms with Gasteiger partial charge in [0.05, 0.1) is 13.2 Å². The minimum Gasteiger partial charge on any atom is -0.497 e. The number of hydrogen-bond acceptors (Lipinski definition) is 3. The molecule has 0 saturated heterocycles. The predicted octanol–water partition coefficient (Wildman–Crippen LogP) is 2.66. The number of carbonyl (C=O) groups is 1. The third-order valence-corrected chi connectivity index (χ3v) is 1.88. The third-order valence-electron chi connectivity index (χ3n) is 1.88. The Morgan fingerprint density at radius 1 is 1.25 bits per heavy atom. The third kappa shape index (κ3) is 4.17. The fraction of sp³-hybridized carbons (Fsp3) is 0.308. The highest BCUT2D eigenvalue weighted by molar-refractivity contribution is 5.87. The quantitative estimate of drug-likeness (QED) is 0.578. The van der Waals surface area contributed by atoms with Gasteiger partial charge in [0.15, 0.2) is 0 Å². The highest BCUT2D eigenvalue weighted by Crippen LogP contribution is 2.12. The predicted molar refractivity (Wildman–Crippen MR) is 63.3 cm³/mol. The van der Waals surface area contributed by atoms with Crippen LogP contribution in [-0.2, 0) is 9.53 Å². The molecule has 1 aromatic rings. The van der Waals surface area contributed by atoms with E-state index in [-0.39, 0.29) is 12.1 Å². The molecule has 1 rings (SSSR count). The van der Waals surface area contributed by atoms with Gasteiger partial charge in [-0.15, -0.1) is 0 Å². The lowest BCUT2D eigenvalue weighted by atomic mass is 10.2. The van der Waals surface area contributed by atoms with E-state index in [1.54, 1.807) is 13.2 Å². The molecule has 0 N–H and O–H groups in total. The van der Waals surface area contributed by atoms with Gasteiger partial charge in [0.2, 0.25) is 0 Å². The summed E-state index contributed by atoms with van der Waals surface area (Å²) in [4.78, 5) is 11.2. The molecule has 0 aliphatic rings. The Bertz CT molecular complexity index is 363. The molecule has 0 bridgehead atoms. The molecule has 16 heavy (non-hydrogen) atoms. The molecule has 0 aliphatic carbocycles. The largest absolute Gasteiger partial charge is 0.497 e. The molecule has 1 aromatic carbocycles. The summed E-state index contributed by atoms with van der Waals surface area (Å²) >= 11 is 0. The lowest BCUT2D eigenvalue weighted by molar-refractivity contribution is -0.141. The highest BCUT2D eigenvalue weighted by atomic mass is 16.5. The first-order valence-corrected chi connectivity index (χ1v) is 5.14. The van der Waals surface area contributed by atoms with Crippen molar-refractivity contribution in [2.45, 2.75) is 20.0 Å². The Morgan fingerprint density at radius 2 is 1.88 bits per heavy atom. The Balaban J connectivity index is 2.58. The topological polar surface area (TPSA) is 35.5 Å². The van der Waals surface area contributed by atoms with Gasteiger partial charge in [0.25, 0.3) is 0 Å². The number of methoxy groups -OCH3 is 1. The molecule has 0 saturated carbocycles. The van der Waals surface area contributed by atoms with Crippen LogP contribution in [0.2, 0.25) is 0 Å². The van der Waals surface area contributed by atoms with Crippen molar-refractivity contribution in [3.63, 3.8) is 0 Å². The summed E-state index contributed by atoms with van der Waals surface area (Å²) in [6, 6.07) is 7.43. The first-order chi connectivity index (χ1) is 7.61. The zero-order chi connectivity index (χ0) is 12.0. The number of hydrogen-bond donors (Lipinski definition) is 0. The van der Waals surface area contributed by atoms with Gasteiger partial charge in [-0.2, -0.15) is 0 Å². The van der Waals surface area contributed by atoms with Crippen molar-refractivity contribution < 1.29 is 14.3 Å². The molecule has 3 nitrogen and oxygen atoms in total. The molecule has 0 atom stereocenters. The smallest absolute Gasteiger partial charge is 0.331 e. The number of esters is 1. The highest BCUT2D eigenvalue weighted by Gasteiger charge is 1.99. The maximum Gasteiger partial charge on any atom is 0.331 e. The van der Waals surface area contributed by atoms with Crippen LogP contribution in [0.25, 0.3) is 6.08 Å². The van der Waals surface area contributed by atoms with Crippen LogP contribution < -0.4 is 4.74 Å². The van der Waals surface area contributed by atoms with Crippen LogP contribution >= 0.6 is 0 Å². The number of rotatable bonds is 4. The average molecular weight is 220 g/mol. The van der Waals surface area contributed by atoms with E-state index >= 15 is 0 Å². The van der Waals surface area contributed by atoms with Gasteiger partial charge in [0.1, 0.15) is 5.75 Å². The van der Waals surface area contributed by atoms with E-state index in [4.69, 9.17) is 9.47 Å². The van der Waals surface area contributed by atoms with E-state index in [0.717, 1.165) is 11.3 Å². The molecule has 0 amide bonds. The van der Waals surface area contributed by atoms with Crippen LogP contribution in [-0.4, -0.2) is 19.2 Å². The molecule has 0 heterocycles. The van der Waals surface area contributed by atoms with E-state index in [2.05, 4.69) is 0 Å². The van der Waals surface area contributed by atoms with Gasteiger partial charge in [-0.05, 0) is 37.6 Å². The Kier molecular flexibility index (Phi) is 4.58. The van der Waals surface area contributed by atoms with E-state index < -0.39 is 0 Å². The molecule has 0 aromatic heterocycles. The number of benzene rings is 1. The molecule has 0 spiro atoms. The standard InChI is InChI=1S/C13H16O3/c1-10(2)16-13(14)9-6-11-4-7-12(15-3)8-5-11/h4-10H,1-3H3/b9-6-. The second-order valence-corrected chi connectivity index (χ2v) is 3.59. The molecule has 0 aliphatic heterocycles. The van der Waals surface area contributed by atoms with Gasteiger partial charge >= 0.3 is 5.97 Å². The van der Waals surface area contributed by atoms with Crippen LogP contribution in [0.5, 0.6) is 5.75 Å². The lowest BCUT2D eigenvalue weighted by Gasteiger charge is -2.04. The summed E-state index contributed by atoms with van der Waals surface area (Å²) in [5, 5.41) is 0. The van der Waals surface area contributed by atoms with Crippen LogP contribution in [0.15, 0.2) is 30.3 Å². The minimum atomic E-state index is -0.328. The summed E-state index contributed by atoms with van der Waals surface area (Å²) in [5.41, 5.74) is 0.932. The molecule has 0 unspecified atom stereocenters. The molecule has 3 heteroatoms. The van der Waals surface area contributed by atoms with Gasteiger partial charge in [-0.25, -0.2) is 4.79 Å². The van der Waals surface area contributed by atoms with Gasteiger partial charge < -0.3 is 9.47 Å². The van der Waals surface area contributed by atoms with Crippen LogP contribution in [0.4, 0.5) is 0 Å². The summed E-state index contributed by atoms with van der Waals surface area (Å²) < 4.78 is 10.00. The Labute approximate surface area is 95.7 Å². The van der Waals surface area contributed by atoms with Gasteiger partial charge in [-0.3, -0.25) is 0 Å². The maximum atomic E-state index is 11.2. The van der Waals surface area contributed by atoms with E-state index in [9.17, 15) is 4.79 Å². The lowest BCUT2D eigenvalue weighted by Crippen LogP contribution is -2.08. The van der Waals surface area contributed by atoms with E-state index in [1.165, 1.54) is 6.08 Å². The van der Waals surface area contributed by atoms with Crippen LogP contribution in [0.3, 0.4) is 0 Å². The normalized spacial score (nSPS) is 10.8. The summed E-state index contributed by atoms with van der Waals surface area (Å²) in [5.74, 6) is 0.465. The molecule has 0 fully saturated rings. The zero-order valence-electron chi connectivity index (χ0n) is 9.77. The van der Waals surface area contributed by atoms with Crippen LogP contribution in [0, 0.1) is 0 Å². The summed E-state index contributed by atoms with van der Waals surface area (Å²) in [6.07, 6.45) is 3.04. The van der Waals surface area contributed by atoms with Crippen molar-refractivity contribution in [2.75, 3.05) is 7.11 Å². The second-order valence-electron chi connectivity index (χ2n) is 3.59. The van der Waals surface area contributed by atoms with Crippen molar-refractivity contribution in [3.05, 3.63) is 35.9 Å². The SMILES string of the molecule is COc1ccc(/C=C\C(=O)OC(C)C)cc1. The Morgan fingerprint density at radius 3 is 2.38 bits per heavy atom. The minimum absolute atomic E-state index is 0.0898. The van der Waals surface area contributed by atoms with Gasteiger partial charge in [-0.1, -0.05) is 12.1 Å². The average Bonchev–Trinajstić information content (AvgIpc) is 2.26. The van der Waals surface area contributed by atoms with Crippen molar-refractivity contribution in [3.8, 4) is 5.75 Å². The van der Waals surface area contributed by atoms with Crippen molar-refractivity contribution in [2.24, 2.45) is 0 Å². The van der Waals surface area contributed by atoms with E-state index in [0.29, 0.717) is 0 Å². The fourth-order valence-electron chi connectivity index (χ4n) is 1.15. The van der Waals surface area contributed by atoms with Crippen molar-refractivity contribution in [1.29, 1.82) is 0 Å². The molecule has 0 radical (unpaired) electrons. The fourth-order valence-corrected chi connectivity index (χ4v) is 1.15. The summed E-state index contributed by atoms with van der Waals surface area (Å²) in [6.45, 7) is 3.64. The maximum absolute atomic E-state index is 11.2. The molecular weight excluding hydrogens is 204 g/mol. The summed E-state index contributed by atoms with van der Waals surface area (Å²) in [7, 11) is 1.62.